The van der Waals surface area contributed by atoms with Crippen LogP contribution >= 0.6 is 11.3 Å². The Bertz CT molecular complexity index is 820. The van der Waals surface area contributed by atoms with Gasteiger partial charge in [-0.2, -0.15) is 13.2 Å². The Morgan fingerprint density at radius 1 is 1.31 bits per heavy atom. The number of thiazole rings is 1. The van der Waals surface area contributed by atoms with Crippen LogP contribution in [0.25, 0.3) is 11.3 Å². The van der Waals surface area contributed by atoms with Crippen molar-refractivity contribution in [2.45, 2.75) is 25.4 Å². The Balaban J connectivity index is 1.66. The van der Waals surface area contributed by atoms with Gasteiger partial charge in [-0.15, -0.1) is 11.3 Å². The fourth-order valence-corrected chi connectivity index (χ4v) is 3.42. The lowest BCUT2D eigenvalue weighted by Crippen LogP contribution is -2.40. The summed E-state index contributed by atoms with van der Waals surface area (Å²) in [6.45, 7) is 0.511. The smallest absolute Gasteiger partial charge is 0.333 e. The number of carbonyl (C=O) groups is 2. The van der Waals surface area contributed by atoms with E-state index < -0.39 is 11.7 Å². The fraction of sp³-hybridized carbons (Fsp3) is 0.353. The van der Waals surface area contributed by atoms with E-state index in [1.165, 1.54) is 17.0 Å². The molecule has 1 N–H and O–H groups in total. The molecule has 0 spiro atoms. The average molecular weight is 383 g/mol. The summed E-state index contributed by atoms with van der Waals surface area (Å²) >= 11 is 1.12. The minimum absolute atomic E-state index is 0.0443. The van der Waals surface area contributed by atoms with Gasteiger partial charge in [0.05, 0.1) is 17.8 Å². The zero-order chi connectivity index (χ0) is 18.7. The van der Waals surface area contributed by atoms with Gasteiger partial charge in [0.25, 0.3) is 0 Å². The van der Waals surface area contributed by atoms with Gasteiger partial charge in [-0.3, -0.25) is 9.59 Å². The van der Waals surface area contributed by atoms with Crippen molar-refractivity contribution in [3.63, 3.8) is 0 Å². The molecule has 1 fully saturated rings. The third-order valence-corrected chi connectivity index (χ3v) is 4.75. The highest BCUT2D eigenvalue weighted by molar-refractivity contribution is 7.14. The fourth-order valence-electron chi connectivity index (χ4n) is 2.68. The molecule has 138 valence electrons. The highest BCUT2D eigenvalue weighted by Gasteiger charge is 2.30. The van der Waals surface area contributed by atoms with Gasteiger partial charge in [-0.25, -0.2) is 4.98 Å². The summed E-state index contributed by atoms with van der Waals surface area (Å²) in [5, 5.41) is 4.46. The summed E-state index contributed by atoms with van der Waals surface area (Å²) in [4.78, 5) is 29.5. The minimum atomic E-state index is -4.43. The molecule has 1 aliphatic heterocycles. The number of nitrogens with zero attached hydrogens (tertiary/aromatic N) is 2. The number of amides is 2. The number of nitrogens with one attached hydrogen (secondary N) is 1. The normalized spacial score (nSPS) is 15.2. The maximum atomic E-state index is 12.8. The lowest BCUT2D eigenvalue weighted by atomic mass is 10.1. The van der Waals surface area contributed by atoms with Crippen LogP contribution in [0.5, 0.6) is 0 Å². The number of likely N-dealkylation sites (tertiary alicyclic amines) is 1. The largest absolute Gasteiger partial charge is 0.416 e. The van der Waals surface area contributed by atoms with E-state index in [4.69, 9.17) is 0 Å². The summed E-state index contributed by atoms with van der Waals surface area (Å²) in [7, 11) is 0. The summed E-state index contributed by atoms with van der Waals surface area (Å²) in [5.41, 5.74) is -0.0783. The van der Waals surface area contributed by atoms with Crippen LogP contribution in [0, 0.1) is 0 Å². The van der Waals surface area contributed by atoms with Crippen LogP contribution in [0.4, 0.5) is 18.3 Å². The van der Waals surface area contributed by atoms with Crippen LogP contribution in [0.2, 0.25) is 0 Å². The van der Waals surface area contributed by atoms with Crippen molar-refractivity contribution in [1.82, 2.24) is 9.88 Å². The number of halogens is 3. The van der Waals surface area contributed by atoms with E-state index in [1.54, 1.807) is 5.38 Å². The van der Waals surface area contributed by atoms with Crippen molar-refractivity contribution < 1.29 is 22.8 Å². The number of aromatic nitrogens is 1. The number of carbonyl (C=O) groups excluding carboxylic acids is 2. The molecule has 0 atom stereocenters. The first-order valence-corrected chi connectivity index (χ1v) is 8.92. The van der Waals surface area contributed by atoms with Crippen molar-refractivity contribution in [2.75, 3.05) is 18.4 Å². The first-order chi connectivity index (χ1) is 12.3. The molecular formula is C17H16F3N3O2S. The molecule has 0 radical (unpaired) electrons. The van der Waals surface area contributed by atoms with Crippen LogP contribution in [-0.4, -0.2) is 34.8 Å². The average Bonchev–Trinajstić information content (AvgIpc) is 3.05. The predicted octanol–water partition coefficient (Wildman–Crippen LogP) is 3.78. The molecule has 5 nitrogen and oxygen atoms in total. The lowest BCUT2D eigenvalue weighted by Gasteiger charge is -2.25. The molecule has 0 aliphatic carbocycles. The quantitative estimate of drug-likeness (QED) is 0.874. The zero-order valence-corrected chi connectivity index (χ0v) is 14.5. The van der Waals surface area contributed by atoms with Crippen molar-refractivity contribution in [3.8, 4) is 11.3 Å². The number of anilines is 1. The Morgan fingerprint density at radius 2 is 2.12 bits per heavy atom. The Hall–Kier alpha value is -2.42. The van der Waals surface area contributed by atoms with Crippen molar-refractivity contribution >= 4 is 28.3 Å². The maximum Gasteiger partial charge on any atom is 0.416 e. The van der Waals surface area contributed by atoms with Gasteiger partial charge in [-0.1, -0.05) is 12.1 Å². The molecule has 9 heteroatoms. The third-order valence-electron chi connectivity index (χ3n) is 3.99. The van der Waals surface area contributed by atoms with Gasteiger partial charge in [0.2, 0.25) is 11.8 Å². The second-order valence-electron chi connectivity index (χ2n) is 5.94. The highest BCUT2D eigenvalue weighted by atomic mass is 32.1. The van der Waals surface area contributed by atoms with Gasteiger partial charge in [-0.05, 0) is 25.0 Å². The molecule has 0 bridgehead atoms. The highest BCUT2D eigenvalue weighted by Crippen LogP contribution is 2.33. The molecule has 1 saturated heterocycles. The maximum absolute atomic E-state index is 12.8. The minimum Gasteiger partial charge on any atom is -0.333 e. The molecule has 3 rings (SSSR count). The van der Waals surface area contributed by atoms with E-state index in [1.807, 2.05) is 0 Å². The van der Waals surface area contributed by atoms with Crippen molar-refractivity contribution in [3.05, 3.63) is 35.2 Å². The molecular weight excluding hydrogens is 367 g/mol. The Morgan fingerprint density at radius 3 is 2.85 bits per heavy atom. The molecule has 1 aliphatic rings. The van der Waals surface area contributed by atoms with E-state index >= 15 is 0 Å². The van der Waals surface area contributed by atoms with E-state index in [0.29, 0.717) is 24.2 Å². The van der Waals surface area contributed by atoms with Crippen LogP contribution < -0.4 is 5.32 Å². The van der Waals surface area contributed by atoms with Crippen LogP contribution in [-0.2, 0) is 15.8 Å². The Labute approximate surface area is 151 Å². The second-order valence-corrected chi connectivity index (χ2v) is 6.80. The predicted molar refractivity (Wildman–Crippen MR) is 91.6 cm³/mol. The molecule has 2 amide bonds. The van der Waals surface area contributed by atoms with E-state index in [-0.39, 0.29) is 23.5 Å². The molecule has 1 aromatic carbocycles. The summed E-state index contributed by atoms with van der Waals surface area (Å²) in [5.74, 6) is -0.416. The third kappa shape index (κ3) is 4.40. The monoisotopic (exact) mass is 383 g/mol. The van der Waals surface area contributed by atoms with Crippen LogP contribution in [0.1, 0.15) is 24.8 Å². The van der Waals surface area contributed by atoms with Crippen LogP contribution in [0.3, 0.4) is 0 Å². The lowest BCUT2D eigenvalue weighted by molar-refractivity contribution is -0.137. The first-order valence-electron chi connectivity index (χ1n) is 8.04. The van der Waals surface area contributed by atoms with Crippen molar-refractivity contribution in [2.24, 2.45) is 0 Å². The standard InChI is InChI=1S/C17H16F3N3O2S/c18-17(19,20)12-5-3-4-11(8-12)13-10-26-16(21-13)22-14(24)9-23-7-2-1-6-15(23)25/h3-5,8,10H,1-2,6-7,9H2,(H,21,22,24). The summed E-state index contributed by atoms with van der Waals surface area (Å²) in [6, 6.07) is 4.86. The number of benzene rings is 1. The SMILES string of the molecule is O=C(CN1CCCCC1=O)Nc1nc(-c2cccc(C(F)(F)F)c2)cs1. The van der Waals surface area contributed by atoms with E-state index in [9.17, 15) is 22.8 Å². The number of hydrogen-bond acceptors (Lipinski definition) is 4. The van der Waals surface area contributed by atoms with Crippen molar-refractivity contribution in [1.29, 1.82) is 0 Å². The zero-order valence-electron chi connectivity index (χ0n) is 13.7. The van der Waals surface area contributed by atoms with Gasteiger partial charge >= 0.3 is 6.18 Å². The number of rotatable bonds is 4. The van der Waals surface area contributed by atoms with Gasteiger partial charge in [0.1, 0.15) is 0 Å². The summed E-state index contributed by atoms with van der Waals surface area (Å²) in [6.07, 6.45) is -2.27. The summed E-state index contributed by atoms with van der Waals surface area (Å²) < 4.78 is 38.4. The number of hydrogen-bond donors (Lipinski definition) is 1. The molecule has 1 aromatic heterocycles. The second kappa shape index (κ2) is 7.45. The molecule has 0 unspecified atom stereocenters. The molecule has 2 aromatic rings. The van der Waals surface area contributed by atoms with Gasteiger partial charge in [0.15, 0.2) is 5.13 Å². The number of alkyl halides is 3. The Kier molecular flexibility index (Phi) is 5.26. The van der Waals surface area contributed by atoms with E-state index in [0.717, 1.165) is 36.3 Å². The molecule has 2 heterocycles. The van der Waals surface area contributed by atoms with Gasteiger partial charge < -0.3 is 10.2 Å². The van der Waals surface area contributed by atoms with Gasteiger partial charge in [0, 0.05) is 23.9 Å². The topological polar surface area (TPSA) is 62.3 Å². The van der Waals surface area contributed by atoms with E-state index in [2.05, 4.69) is 10.3 Å². The number of piperidine rings is 1. The van der Waals surface area contributed by atoms with Crippen LogP contribution in [0.15, 0.2) is 29.6 Å². The first kappa shape index (κ1) is 18.4. The molecule has 0 saturated carbocycles. The molecule has 26 heavy (non-hydrogen) atoms.